The third-order valence-electron chi connectivity index (χ3n) is 3.99. The molecule has 76 valence electrons. The van der Waals surface area contributed by atoms with E-state index in [1.54, 1.807) is 0 Å². The van der Waals surface area contributed by atoms with Gasteiger partial charge >= 0.3 is 0 Å². The summed E-state index contributed by atoms with van der Waals surface area (Å²) in [5, 5.41) is 0. The molecule has 2 aliphatic rings. The predicted octanol–water partition coefficient (Wildman–Crippen LogP) is 2.91. The van der Waals surface area contributed by atoms with Crippen LogP contribution in [-0.2, 0) is 0 Å². The highest BCUT2D eigenvalue weighted by atomic mass is 15.1. The Morgan fingerprint density at radius 1 is 0.846 bits per heavy atom. The van der Waals surface area contributed by atoms with Crippen molar-refractivity contribution in [2.75, 3.05) is 20.1 Å². The van der Waals surface area contributed by atoms with Gasteiger partial charge in [0.1, 0.15) is 0 Å². The maximum absolute atomic E-state index is 2.53. The lowest BCUT2D eigenvalue weighted by Crippen LogP contribution is -2.38. The van der Waals surface area contributed by atoms with E-state index in [1.165, 1.54) is 58.0 Å². The Kier molecular flexibility index (Phi) is 3.26. The molecule has 0 spiro atoms. The average molecular weight is 181 g/mol. The molecule has 1 heterocycles. The molecule has 1 aliphatic heterocycles. The van der Waals surface area contributed by atoms with Gasteiger partial charge in [0.05, 0.1) is 0 Å². The molecule has 2 fully saturated rings. The SMILES string of the molecule is CN1CCC2CCCCCC[C@@H]2C1. The van der Waals surface area contributed by atoms with E-state index in [2.05, 4.69) is 11.9 Å². The molecule has 2 atom stereocenters. The van der Waals surface area contributed by atoms with E-state index in [9.17, 15) is 0 Å². The van der Waals surface area contributed by atoms with E-state index in [0.717, 1.165) is 11.8 Å². The summed E-state index contributed by atoms with van der Waals surface area (Å²) in [4.78, 5) is 2.53. The Morgan fingerprint density at radius 3 is 2.31 bits per heavy atom. The van der Waals surface area contributed by atoms with E-state index >= 15 is 0 Å². The molecule has 1 unspecified atom stereocenters. The van der Waals surface area contributed by atoms with Gasteiger partial charge in [-0.1, -0.05) is 32.1 Å². The van der Waals surface area contributed by atoms with Gasteiger partial charge in [0, 0.05) is 6.54 Å². The molecule has 13 heavy (non-hydrogen) atoms. The summed E-state index contributed by atoms with van der Waals surface area (Å²) in [5.74, 6) is 2.12. The normalized spacial score (nSPS) is 37.6. The van der Waals surface area contributed by atoms with Crippen LogP contribution in [0.3, 0.4) is 0 Å². The molecule has 0 radical (unpaired) electrons. The first-order valence-electron chi connectivity index (χ1n) is 6.05. The standard InChI is InChI=1S/C12H23N/c1-13-9-8-11-6-4-2-3-5-7-12(11)10-13/h11-12H,2-10H2,1H3/t11?,12-/m1/s1. The first kappa shape index (κ1) is 9.51. The first-order valence-corrected chi connectivity index (χ1v) is 6.05. The molecule has 1 heteroatoms. The van der Waals surface area contributed by atoms with E-state index in [1.807, 2.05) is 0 Å². The number of fused-ring (bicyclic) bond motifs is 1. The Labute approximate surface area is 82.5 Å². The molecule has 0 bridgehead atoms. The Bertz CT molecular complexity index is 153. The van der Waals surface area contributed by atoms with Gasteiger partial charge in [-0.15, -0.1) is 0 Å². The van der Waals surface area contributed by atoms with Crippen LogP contribution in [0.5, 0.6) is 0 Å². The fraction of sp³-hybridized carbons (Fsp3) is 1.00. The van der Waals surface area contributed by atoms with Gasteiger partial charge in [0.25, 0.3) is 0 Å². The second kappa shape index (κ2) is 4.45. The van der Waals surface area contributed by atoms with Crippen molar-refractivity contribution >= 4 is 0 Å². The summed E-state index contributed by atoms with van der Waals surface area (Å²) in [6, 6.07) is 0. The Morgan fingerprint density at radius 2 is 1.54 bits per heavy atom. The summed E-state index contributed by atoms with van der Waals surface area (Å²) >= 11 is 0. The minimum atomic E-state index is 1.04. The fourth-order valence-electron chi connectivity index (χ4n) is 3.14. The third kappa shape index (κ3) is 2.46. The molecule has 1 saturated heterocycles. The van der Waals surface area contributed by atoms with Crippen molar-refractivity contribution in [2.24, 2.45) is 11.8 Å². The highest BCUT2D eigenvalue weighted by molar-refractivity contribution is 4.80. The molecule has 0 amide bonds. The second-order valence-corrected chi connectivity index (χ2v) is 5.06. The van der Waals surface area contributed by atoms with E-state index in [-0.39, 0.29) is 0 Å². The summed E-state index contributed by atoms with van der Waals surface area (Å²) in [6.45, 7) is 2.73. The van der Waals surface area contributed by atoms with Crippen LogP contribution < -0.4 is 0 Å². The van der Waals surface area contributed by atoms with Gasteiger partial charge in [-0.05, 0) is 38.3 Å². The number of hydrogen-bond acceptors (Lipinski definition) is 1. The molecule has 1 aliphatic carbocycles. The molecule has 1 saturated carbocycles. The molecule has 0 aromatic carbocycles. The summed E-state index contributed by atoms with van der Waals surface area (Å²) < 4.78 is 0. The number of piperidine rings is 1. The lowest BCUT2D eigenvalue weighted by Gasteiger charge is -2.38. The number of likely N-dealkylation sites (tertiary alicyclic amines) is 1. The van der Waals surface area contributed by atoms with Crippen LogP contribution in [0.15, 0.2) is 0 Å². The predicted molar refractivity (Wildman–Crippen MR) is 56.8 cm³/mol. The van der Waals surface area contributed by atoms with Crippen molar-refractivity contribution in [1.29, 1.82) is 0 Å². The maximum atomic E-state index is 2.53. The minimum absolute atomic E-state index is 1.04. The maximum Gasteiger partial charge on any atom is 0.000926 e. The van der Waals surface area contributed by atoms with Gasteiger partial charge < -0.3 is 4.90 Å². The van der Waals surface area contributed by atoms with E-state index in [4.69, 9.17) is 0 Å². The zero-order chi connectivity index (χ0) is 9.10. The van der Waals surface area contributed by atoms with Crippen molar-refractivity contribution < 1.29 is 0 Å². The number of rotatable bonds is 0. The summed E-state index contributed by atoms with van der Waals surface area (Å²) in [5.41, 5.74) is 0. The van der Waals surface area contributed by atoms with Crippen molar-refractivity contribution in [3.05, 3.63) is 0 Å². The van der Waals surface area contributed by atoms with Gasteiger partial charge in [-0.25, -0.2) is 0 Å². The van der Waals surface area contributed by atoms with Crippen molar-refractivity contribution in [3.8, 4) is 0 Å². The molecular formula is C12H23N. The average Bonchev–Trinajstić information content (AvgIpc) is 2.08. The molecule has 1 nitrogen and oxygen atoms in total. The highest BCUT2D eigenvalue weighted by Crippen LogP contribution is 2.33. The van der Waals surface area contributed by atoms with Crippen LogP contribution in [0.2, 0.25) is 0 Å². The van der Waals surface area contributed by atoms with Crippen LogP contribution >= 0.6 is 0 Å². The second-order valence-electron chi connectivity index (χ2n) is 5.06. The lowest BCUT2D eigenvalue weighted by molar-refractivity contribution is 0.119. The van der Waals surface area contributed by atoms with Crippen molar-refractivity contribution in [1.82, 2.24) is 4.90 Å². The fourth-order valence-corrected chi connectivity index (χ4v) is 3.14. The first-order chi connectivity index (χ1) is 6.36. The lowest BCUT2D eigenvalue weighted by atomic mass is 9.77. The molecule has 0 N–H and O–H groups in total. The summed E-state index contributed by atoms with van der Waals surface area (Å²) in [6.07, 6.45) is 10.5. The van der Waals surface area contributed by atoms with Crippen LogP contribution in [0.1, 0.15) is 44.9 Å². The van der Waals surface area contributed by atoms with Crippen LogP contribution in [-0.4, -0.2) is 25.0 Å². The smallest absolute Gasteiger partial charge is 0.000926 e. The monoisotopic (exact) mass is 181 g/mol. The van der Waals surface area contributed by atoms with Crippen molar-refractivity contribution in [3.63, 3.8) is 0 Å². The molecule has 0 aromatic rings. The van der Waals surface area contributed by atoms with Gasteiger partial charge in [-0.3, -0.25) is 0 Å². The van der Waals surface area contributed by atoms with Crippen LogP contribution in [0.4, 0.5) is 0 Å². The van der Waals surface area contributed by atoms with E-state index < -0.39 is 0 Å². The molecular weight excluding hydrogens is 158 g/mol. The van der Waals surface area contributed by atoms with Crippen LogP contribution in [0.25, 0.3) is 0 Å². The quantitative estimate of drug-likeness (QED) is 0.555. The molecule has 0 aromatic heterocycles. The number of hydrogen-bond donors (Lipinski definition) is 0. The Balaban J connectivity index is 1.91. The van der Waals surface area contributed by atoms with Gasteiger partial charge in [-0.2, -0.15) is 0 Å². The van der Waals surface area contributed by atoms with Crippen LogP contribution in [0, 0.1) is 11.8 Å². The van der Waals surface area contributed by atoms with E-state index in [0.29, 0.717) is 0 Å². The molecule has 2 rings (SSSR count). The zero-order valence-corrected chi connectivity index (χ0v) is 8.97. The third-order valence-corrected chi connectivity index (χ3v) is 3.99. The Hall–Kier alpha value is -0.0400. The minimum Gasteiger partial charge on any atom is -0.306 e. The topological polar surface area (TPSA) is 3.24 Å². The van der Waals surface area contributed by atoms with Crippen molar-refractivity contribution in [2.45, 2.75) is 44.9 Å². The highest BCUT2D eigenvalue weighted by Gasteiger charge is 2.27. The summed E-state index contributed by atoms with van der Waals surface area (Å²) in [7, 11) is 2.29. The largest absolute Gasteiger partial charge is 0.306 e. The number of nitrogens with zero attached hydrogens (tertiary/aromatic N) is 1. The van der Waals surface area contributed by atoms with Gasteiger partial charge in [0.2, 0.25) is 0 Å². The zero-order valence-electron chi connectivity index (χ0n) is 8.97. The van der Waals surface area contributed by atoms with Gasteiger partial charge in [0.15, 0.2) is 0 Å².